The van der Waals surface area contributed by atoms with Gasteiger partial charge in [0.1, 0.15) is 11.3 Å². The number of fused-ring (bicyclic) bond motifs is 1. The Bertz CT molecular complexity index is 1050. The lowest BCUT2D eigenvalue weighted by atomic mass is 10.0. The van der Waals surface area contributed by atoms with Gasteiger partial charge in [0.15, 0.2) is 0 Å². The molecule has 3 heterocycles. The Kier molecular flexibility index (Phi) is 4.86. The first-order valence-corrected chi connectivity index (χ1v) is 9.90. The standard InChI is InChI=1S/C23H26N4O2/c1-15-6-5-7-18(25-15)20-21(27-13-12-24-22(27)26-20)17-10-8-16(9-11-17)14-19(28)29-23(2,3)4/h5-11H,12-14H2,1-4H3,(H,24,26). The van der Waals surface area contributed by atoms with Crippen LogP contribution in [0.25, 0.3) is 22.6 Å². The summed E-state index contributed by atoms with van der Waals surface area (Å²) in [5.41, 5.74) is 5.25. The molecular formula is C23H26N4O2. The summed E-state index contributed by atoms with van der Waals surface area (Å²) in [6, 6.07) is 14.0. The summed E-state index contributed by atoms with van der Waals surface area (Å²) >= 11 is 0. The van der Waals surface area contributed by atoms with E-state index >= 15 is 0 Å². The van der Waals surface area contributed by atoms with Gasteiger partial charge >= 0.3 is 5.97 Å². The molecule has 0 fully saturated rings. The van der Waals surface area contributed by atoms with E-state index in [-0.39, 0.29) is 12.4 Å². The molecule has 0 radical (unpaired) electrons. The van der Waals surface area contributed by atoms with E-state index in [2.05, 4.69) is 14.9 Å². The minimum Gasteiger partial charge on any atom is -0.460 e. The molecular weight excluding hydrogens is 364 g/mol. The zero-order valence-electron chi connectivity index (χ0n) is 17.3. The quantitative estimate of drug-likeness (QED) is 0.675. The van der Waals surface area contributed by atoms with Gasteiger partial charge in [0, 0.05) is 24.3 Å². The number of benzene rings is 1. The van der Waals surface area contributed by atoms with E-state index in [4.69, 9.17) is 9.72 Å². The number of nitrogens with zero attached hydrogens (tertiary/aromatic N) is 3. The Morgan fingerprint density at radius 2 is 1.90 bits per heavy atom. The van der Waals surface area contributed by atoms with Crippen molar-refractivity contribution in [2.75, 3.05) is 11.9 Å². The van der Waals surface area contributed by atoms with Crippen molar-refractivity contribution in [1.82, 2.24) is 14.5 Å². The lowest BCUT2D eigenvalue weighted by molar-refractivity contribution is -0.153. The van der Waals surface area contributed by atoms with Gasteiger partial charge in [-0.1, -0.05) is 30.3 Å². The average molecular weight is 390 g/mol. The summed E-state index contributed by atoms with van der Waals surface area (Å²) in [7, 11) is 0. The number of aryl methyl sites for hydroxylation is 1. The summed E-state index contributed by atoms with van der Waals surface area (Å²) in [4.78, 5) is 21.6. The van der Waals surface area contributed by atoms with Gasteiger partial charge < -0.3 is 14.6 Å². The van der Waals surface area contributed by atoms with E-state index in [0.717, 1.165) is 52.9 Å². The highest BCUT2D eigenvalue weighted by molar-refractivity contribution is 5.80. The maximum atomic E-state index is 12.1. The highest BCUT2D eigenvalue weighted by atomic mass is 16.6. The van der Waals surface area contributed by atoms with Crippen molar-refractivity contribution < 1.29 is 9.53 Å². The normalized spacial score (nSPS) is 13.1. The van der Waals surface area contributed by atoms with Crippen LogP contribution in [0.15, 0.2) is 42.5 Å². The van der Waals surface area contributed by atoms with Crippen LogP contribution in [0, 0.1) is 6.92 Å². The molecule has 29 heavy (non-hydrogen) atoms. The molecule has 0 amide bonds. The number of carbonyl (C=O) groups is 1. The predicted octanol–water partition coefficient (Wildman–Crippen LogP) is 4.23. The first-order valence-electron chi connectivity index (χ1n) is 9.90. The number of hydrogen-bond donors (Lipinski definition) is 1. The third kappa shape index (κ3) is 4.16. The van der Waals surface area contributed by atoms with Crippen molar-refractivity contribution in [1.29, 1.82) is 0 Å². The van der Waals surface area contributed by atoms with Crippen molar-refractivity contribution in [2.24, 2.45) is 0 Å². The van der Waals surface area contributed by atoms with Gasteiger partial charge in [0.25, 0.3) is 0 Å². The van der Waals surface area contributed by atoms with Gasteiger partial charge in [-0.15, -0.1) is 0 Å². The fraction of sp³-hybridized carbons (Fsp3) is 0.348. The minimum absolute atomic E-state index is 0.218. The summed E-state index contributed by atoms with van der Waals surface area (Å²) in [6.45, 7) is 9.35. The second-order valence-corrected chi connectivity index (χ2v) is 8.34. The van der Waals surface area contributed by atoms with Crippen molar-refractivity contribution in [3.05, 3.63) is 53.7 Å². The van der Waals surface area contributed by atoms with Gasteiger partial charge in [0.05, 0.1) is 17.8 Å². The number of nitrogens with one attached hydrogen (secondary N) is 1. The molecule has 2 aromatic heterocycles. The van der Waals surface area contributed by atoms with Crippen molar-refractivity contribution in [3.63, 3.8) is 0 Å². The topological polar surface area (TPSA) is 69.0 Å². The van der Waals surface area contributed by atoms with Crippen LogP contribution in [-0.4, -0.2) is 32.7 Å². The summed E-state index contributed by atoms with van der Waals surface area (Å²) in [6.07, 6.45) is 0.260. The van der Waals surface area contributed by atoms with Crippen LogP contribution in [-0.2, 0) is 22.5 Å². The smallest absolute Gasteiger partial charge is 0.310 e. The SMILES string of the molecule is Cc1cccc(-c2nc3n(c2-c2ccc(CC(=O)OC(C)(C)C)cc2)CCN3)n1. The molecule has 0 unspecified atom stereocenters. The van der Waals surface area contributed by atoms with E-state index < -0.39 is 5.60 Å². The van der Waals surface area contributed by atoms with Gasteiger partial charge in [0.2, 0.25) is 5.95 Å². The van der Waals surface area contributed by atoms with E-state index in [1.807, 2.05) is 70.2 Å². The van der Waals surface area contributed by atoms with E-state index in [0.29, 0.717) is 0 Å². The first-order chi connectivity index (χ1) is 13.8. The van der Waals surface area contributed by atoms with E-state index in [9.17, 15) is 4.79 Å². The van der Waals surface area contributed by atoms with Crippen molar-refractivity contribution in [2.45, 2.75) is 46.3 Å². The van der Waals surface area contributed by atoms with Crippen molar-refractivity contribution in [3.8, 4) is 22.6 Å². The summed E-state index contributed by atoms with van der Waals surface area (Å²) < 4.78 is 7.62. The Hall–Kier alpha value is -3.15. The molecule has 0 aliphatic carbocycles. The van der Waals surface area contributed by atoms with Crippen LogP contribution in [0.1, 0.15) is 32.0 Å². The number of imidazole rings is 1. The van der Waals surface area contributed by atoms with Crippen LogP contribution < -0.4 is 5.32 Å². The second-order valence-electron chi connectivity index (χ2n) is 8.34. The minimum atomic E-state index is -0.474. The number of aromatic nitrogens is 3. The van der Waals surface area contributed by atoms with Crippen molar-refractivity contribution >= 4 is 11.9 Å². The molecule has 0 saturated carbocycles. The van der Waals surface area contributed by atoms with Gasteiger partial charge in [-0.05, 0) is 45.4 Å². The fourth-order valence-corrected chi connectivity index (χ4v) is 3.56. The van der Waals surface area contributed by atoms with Gasteiger partial charge in [-0.3, -0.25) is 9.78 Å². The molecule has 1 aliphatic heterocycles. The Morgan fingerprint density at radius 3 is 2.59 bits per heavy atom. The lowest BCUT2D eigenvalue weighted by Crippen LogP contribution is -2.24. The molecule has 3 aromatic rings. The Morgan fingerprint density at radius 1 is 1.14 bits per heavy atom. The highest BCUT2D eigenvalue weighted by Crippen LogP contribution is 2.35. The number of anilines is 1. The number of carbonyl (C=O) groups excluding carboxylic acids is 1. The Balaban J connectivity index is 1.66. The largest absolute Gasteiger partial charge is 0.460 e. The third-order valence-electron chi connectivity index (χ3n) is 4.71. The molecule has 1 aliphatic rings. The highest BCUT2D eigenvalue weighted by Gasteiger charge is 2.24. The Labute approximate surface area is 171 Å². The zero-order valence-corrected chi connectivity index (χ0v) is 17.3. The van der Waals surface area contributed by atoms with Crippen LogP contribution in [0.3, 0.4) is 0 Å². The molecule has 6 heteroatoms. The molecule has 1 aromatic carbocycles. The number of rotatable bonds is 4. The maximum absolute atomic E-state index is 12.1. The van der Waals surface area contributed by atoms with Crippen LogP contribution in [0.4, 0.5) is 5.95 Å². The molecule has 0 saturated heterocycles. The number of hydrogen-bond acceptors (Lipinski definition) is 5. The van der Waals surface area contributed by atoms with Crippen LogP contribution in [0.2, 0.25) is 0 Å². The molecule has 6 nitrogen and oxygen atoms in total. The maximum Gasteiger partial charge on any atom is 0.310 e. The zero-order chi connectivity index (χ0) is 20.6. The van der Waals surface area contributed by atoms with E-state index in [1.54, 1.807) is 0 Å². The second kappa shape index (κ2) is 7.35. The fourth-order valence-electron chi connectivity index (χ4n) is 3.56. The lowest BCUT2D eigenvalue weighted by Gasteiger charge is -2.19. The van der Waals surface area contributed by atoms with Gasteiger partial charge in [-0.25, -0.2) is 4.98 Å². The molecule has 0 bridgehead atoms. The van der Waals surface area contributed by atoms with Crippen LogP contribution in [0.5, 0.6) is 0 Å². The predicted molar refractivity (Wildman–Crippen MR) is 114 cm³/mol. The molecule has 0 atom stereocenters. The molecule has 1 N–H and O–H groups in total. The summed E-state index contributed by atoms with van der Waals surface area (Å²) in [5, 5.41) is 3.34. The number of pyridine rings is 1. The molecule has 4 rings (SSSR count). The summed E-state index contributed by atoms with van der Waals surface area (Å²) in [5.74, 6) is 0.653. The monoisotopic (exact) mass is 390 g/mol. The number of esters is 1. The average Bonchev–Trinajstić information content (AvgIpc) is 3.22. The first kappa shape index (κ1) is 19.2. The van der Waals surface area contributed by atoms with Gasteiger partial charge in [-0.2, -0.15) is 0 Å². The molecule has 0 spiro atoms. The number of ether oxygens (including phenoxy) is 1. The molecule has 150 valence electrons. The third-order valence-corrected chi connectivity index (χ3v) is 4.71. The van der Waals surface area contributed by atoms with E-state index in [1.165, 1.54) is 0 Å². The van der Waals surface area contributed by atoms with Crippen LogP contribution >= 0.6 is 0 Å².